The van der Waals surface area contributed by atoms with Gasteiger partial charge >= 0.3 is 0 Å². The van der Waals surface area contributed by atoms with E-state index in [9.17, 15) is 9.18 Å². The van der Waals surface area contributed by atoms with Gasteiger partial charge in [-0.2, -0.15) is 0 Å². The predicted octanol–water partition coefficient (Wildman–Crippen LogP) is 4.58. The minimum absolute atomic E-state index is 0.0809. The summed E-state index contributed by atoms with van der Waals surface area (Å²) in [4.78, 5) is 18.5. The second-order valence-electron chi connectivity index (χ2n) is 8.63. The van der Waals surface area contributed by atoms with Gasteiger partial charge in [-0.15, -0.1) is 21.5 Å². The molecule has 0 unspecified atom stereocenters. The molecule has 0 spiro atoms. The molecule has 1 N–H and O–H groups in total. The van der Waals surface area contributed by atoms with Crippen LogP contribution in [0.5, 0.6) is 0 Å². The molecular weight excluding hydrogens is 461 g/mol. The molecule has 1 amide bonds. The summed E-state index contributed by atoms with van der Waals surface area (Å²) in [5, 5.41) is 12.9. The molecule has 1 aromatic carbocycles. The molecule has 1 aliphatic heterocycles. The molecule has 10 heteroatoms. The minimum atomic E-state index is -0.298. The van der Waals surface area contributed by atoms with Crippen molar-refractivity contribution in [1.29, 1.82) is 0 Å². The summed E-state index contributed by atoms with van der Waals surface area (Å²) in [5.74, 6) is 1.11. The van der Waals surface area contributed by atoms with Crippen molar-refractivity contribution in [3.8, 4) is 11.4 Å². The van der Waals surface area contributed by atoms with Gasteiger partial charge in [-0.1, -0.05) is 18.7 Å². The summed E-state index contributed by atoms with van der Waals surface area (Å²) in [5.41, 5.74) is 1.90. The molecule has 33 heavy (non-hydrogen) atoms. The van der Waals surface area contributed by atoms with Crippen molar-refractivity contribution in [3.05, 3.63) is 40.7 Å². The number of aryl methyl sites for hydroxylation is 1. The molecule has 2 atom stereocenters. The van der Waals surface area contributed by atoms with Gasteiger partial charge in [0, 0.05) is 17.0 Å². The summed E-state index contributed by atoms with van der Waals surface area (Å²) >= 11 is 2.92. The van der Waals surface area contributed by atoms with E-state index in [-0.39, 0.29) is 23.6 Å². The Morgan fingerprint density at radius 1 is 1.30 bits per heavy atom. The topological polar surface area (TPSA) is 81.9 Å². The lowest BCUT2D eigenvalue weighted by molar-refractivity contribution is -0.113. The van der Waals surface area contributed by atoms with E-state index in [1.54, 1.807) is 23.5 Å². The molecule has 3 aromatic rings. The van der Waals surface area contributed by atoms with Gasteiger partial charge in [0.15, 0.2) is 16.1 Å². The number of benzene rings is 1. The number of halogens is 1. The summed E-state index contributed by atoms with van der Waals surface area (Å²) < 4.78 is 21.2. The van der Waals surface area contributed by atoms with Crippen molar-refractivity contribution in [3.63, 3.8) is 0 Å². The number of nitrogens with one attached hydrogen (secondary N) is 1. The number of ether oxygens (including phenoxy) is 1. The fourth-order valence-electron chi connectivity index (χ4n) is 4.24. The van der Waals surface area contributed by atoms with Crippen molar-refractivity contribution in [2.24, 2.45) is 5.92 Å². The Kier molecular flexibility index (Phi) is 6.75. The standard InChI is InChI=1S/C23H26FN5O2S2/c1-14-4-9-18-19(11-14)33-22(25-18)26-20(30)13-32-23-28-27-21(15-5-7-16(24)8-6-15)29(23)12-17-3-2-10-31-17/h5-8,14,17H,2-4,9-13H2,1H3,(H,25,26,30)/t14-,17-/m0/s1. The summed E-state index contributed by atoms with van der Waals surface area (Å²) in [6, 6.07) is 6.21. The van der Waals surface area contributed by atoms with Crippen LogP contribution >= 0.6 is 23.1 Å². The molecule has 2 aliphatic rings. The smallest absolute Gasteiger partial charge is 0.236 e. The summed E-state index contributed by atoms with van der Waals surface area (Å²) in [6.45, 7) is 3.60. The van der Waals surface area contributed by atoms with E-state index >= 15 is 0 Å². The Balaban J connectivity index is 1.28. The highest BCUT2D eigenvalue weighted by molar-refractivity contribution is 7.99. The van der Waals surface area contributed by atoms with Crippen LogP contribution in [0.1, 0.15) is 36.8 Å². The lowest BCUT2D eigenvalue weighted by atomic mass is 9.93. The lowest BCUT2D eigenvalue weighted by Gasteiger charge is -2.15. The fourth-order valence-corrected chi connectivity index (χ4v) is 6.18. The molecule has 7 nitrogen and oxygen atoms in total. The third-order valence-electron chi connectivity index (χ3n) is 5.99. The highest BCUT2D eigenvalue weighted by Crippen LogP contribution is 2.32. The molecule has 174 valence electrons. The quantitative estimate of drug-likeness (QED) is 0.492. The highest BCUT2D eigenvalue weighted by atomic mass is 32.2. The van der Waals surface area contributed by atoms with Crippen LogP contribution in [0, 0.1) is 11.7 Å². The van der Waals surface area contributed by atoms with E-state index in [2.05, 4.69) is 27.4 Å². The van der Waals surface area contributed by atoms with E-state index in [0.717, 1.165) is 50.0 Å². The van der Waals surface area contributed by atoms with Crippen molar-refractivity contribution < 1.29 is 13.9 Å². The Labute approximate surface area is 200 Å². The largest absolute Gasteiger partial charge is 0.376 e. The van der Waals surface area contributed by atoms with Crippen LogP contribution in [0.15, 0.2) is 29.4 Å². The molecule has 1 fully saturated rings. The molecule has 0 radical (unpaired) electrons. The van der Waals surface area contributed by atoms with E-state index in [0.29, 0.717) is 28.6 Å². The second kappa shape index (κ2) is 9.90. The Bertz CT molecular complexity index is 1120. The van der Waals surface area contributed by atoms with Gasteiger partial charge in [-0.25, -0.2) is 9.37 Å². The van der Waals surface area contributed by atoms with Gasteiger partial charge in [-0.05, 0) is 62.3 Å². The normalized spacial score (nSPS) is 20.1. The average Bonchev–Trinajstić information content (AvgIpc) is 3.53. The first-order chi connectivity index (χ1) is 16.0. The van der Waals surface area contributed by atoms with E-state index < -0.39 is 0 Å². The molecule has 0 bridgehead atoms. The van der Waals surface area contributed by atoms with Gasteiger partial charge in [0.05, 0.1) is 24.1 Å². The van der Waals surface area contributed by atoms with E-state index in [4.69, 9.17) is 4.74 Å². The first-order valence-electron chi connectivity index (χ1n) is 11.3. The minimum Gasteiger partial charge on any atom is -0.376 e. The average molecular weight is 488 g/mol. The number of carbonyl (C=O) groups is 1. The Morgan fingerprint density at radius 2 is 2.15 bits per heavy atom. The van der Waals surface area contributed by atoms with Gasteiger partial charge in [0.1, 0.15) is 5.82 Å². The van der Waals surface area contributed by atoms with Crippen LogP contribution in [-0.4, -0.2) is 44.1 Å². The highest BCUT2D eigenvalue weighted by Gasteiger charge is 2.23. The number of carbonyl (C=O) groups excluding carboxylic acids is 1. The van der Waals surface area contributed by atoms with E-state index in [1.807, 2.05) is 4.57 Å². The lowest BCUT2D eigenvalue weighted by Crippen LogP contribution is -2.18. The predicted molar refractivity (Wildman–Crippen MR) is 127 cm³/mol. The molecule has 0 saturated carbocycles. The number of rotatable bonds is 7. The third-order valence-corrected chi connectivity index (χ3v) is 8.00. The maximum absolute atomic E-state index is 13.4. The monoisotopic (exact) mass is 487 g/mol. The maximum Gasteiger partial charge on any atom is 0.236 e. The fraction of sp³-hybridized carbons (Fsp3) is 0.478. The van der Waals surface area contributed by atoms with Crippen LogP contribution in [0.4, 0.5) is 9.52 Å². The van der Waals surface area contributed by atoms with Crippen molar-refractivity contribution in [2.45, 2.75) is 56.8 Å². The number of thiazole rings is 1. The Morgan fingerprint density at radius 3 is 2.94 bits per heavy atom. The first kappa shape index (κ1) is 22.5. The number of amides is 1. The number of hydrogen-bond donors (Lipinski definition) is 1. The molecular formula is C23H26FN5O2S2. The van der Waals surface area contributed by atoms with Crippen molar-refractivity contribution >= 4 is 34.1 Å². The molecule has 2 aromatic heterocycles. The van der Waals surface area contributed by atoms with Gasteiger partial charge < -0.3 is 10.1 Å². The van der Waals surface area contributed by atoms with Crippen molar-refractivity contribution in [2.75, 3.05) is 17.7 Å². The number of nitrogens with zero attached hydrogens (tertiary/aromatic N) is 4. The first-order valence-corrected chi connectivity index (χ1v) is 13.1. The van der Waals surface area contributed by atoms with Gasteiger partial charge in [-0.3, -0.25) is 9.36 Å². The maximum atomic E-state index is 13.4. The molecule has 3 heterocycles. The second-order valence-corrected chi connectivity index (χ2v) is 10.7. The van der Waals surface area contributed by atoms with Crippen LogP contribution in [-0.2, 0) is 28.9 Å². The SMILES string of the molecule is C[C@H]1CCc2nc(NC(=O)CSc3nnc(-c4ccc(F)cc4)n3C[C@@H]3CCCO3)sc2C1. The number of thioether (sulfide) groups is 1. The molecule has 5 rings (SSSR count). The Hall–Kier alpha value is -2.30. The van der Waals surface area contributed by atoms with Gasteiger partial charge in [0.25, 0.3) is 0 Å². The number of anilines is 1. The van der Waals surface area contributed by atoms with Crippen molar-refractivity contribution in [1.82, 2.24) is 19.7 Å². The zero-order chi connectivity index (χ0) is 22.8. The van der Waals surface area contributed by atoms with Crippen LogP contribution in [0.25, 0.3) is 11.4 Å². The van der Waals surface area contributed by atoms with Crippen LogP contribution in [0.2, 0.25) is 0 Å². The summed E-state index contributed by atoms with van der Waals surface area (Å²) in [7, 11) is 0. The number of hydrogen-bond acceptors (Lipinski definition) is 7. The summed E-state index contributed by atoms with van der Waals surface area (Å²) in [6.07, 6.45) is 5.25. The van der Waals surface area contributed by atoms with Gasteiger partial charge in [0.2, 0.25) is 5.91 Å². The zero-order valence-electron chi connectivity index (χ0n) is 18.4. The van der Waals surface area contributed by atoms with Crippen LogP contribution in [0.3, 0.4) is 0 Å². The number of aromatic nitrogens is 4. The third kappa shape index (κ3) is 5.28. The molecule has 1 aliphatic carbocycles. The zero-order valence-corrected chi connectivity index (χ0v) is 20.1. The van der Waals surface area contributed by atoms with E-state index in [1.165, 1.54) is 28.8 Å². The van der Waals surface area contributed by atoms with Crippen LogP contribution < -0.4 is 5.32 Å². The number of fused-ring (bicyclic) bond motifs is 1. The molecule has 1 saturated heterocycles.